The molecule has 0 heterocycles. The monoisotopic (exact) mass is 1120 g/mol. The van der Waals surface area contributed by atoms with E-state index >= 15 is 0 Å². The lowest BCUT2D eigenvalue weighted by molar-refractivity contribution is -0.870. The van der Waals surface area contributed by atoms with Crippen LogP contribution in [0.25, 0.3) is 0 Å². The summed E-state index contributed by atoms with van der Waals surface area (Å²) in [5.74, 6) is -0.210. The van der Waals surface area contributed by atoms with Crippen molar-refractivity contribution in [2.45, 2.75) is 264 Å². The molecule has 0 aromatic rings. The van der Waals surface area contributed by atoms with Gasteiger partial charge in [-0.3, -0.25) is 13.8 Å². The molecule has 0 aliphatic carbocycles. The summed E-state index contributed by atoms with van der Waals surface area (Å²) < 4.78 is 23.7. The van der Waals surface area contributed by atoms with Crippen LogP contribution >= 0.6 is 7.82 Å². The van der Waals surface area contributed by atoms with E-state index in [2.05, 4.69) is 141 Å². The van der Waals surface area contributed by atoms with Crippen LogP contribution in [0.2, 0.25) is 0 Å². The van der Waals surface area contributed by atoms with E-state index in [-0.39, 0.29) is 19.1 Å². The van der Waals surface area contributed by atoms with Crippen LogP contribution in [0.1, 0.15) is 251 Å². The molecule has 0 fully saturated rings. The summed E-state index contributed by atoms with van der Waals surface area (Å²) in [7, 11) is 1.52. The second-order valence-electron chi connectivity index (χ2n) is 22.4. The van der Waals surface area contributed by atoms with E-state index in [1.807, 2.05) is 27.2 Å². The van der Waals surface area contributed by atoms with Gasteiger partial charge in [-0.05, 0) is 103 Å². The van der Waals surface area contributed by atoms with Crippen LogP contribution in [0.15, 0.2) is 134 Å². The average Bonchev–Trinajstić information content (AvgIpc) is 3.42. The first kappa shape index (κ1) is 75.6. The van der Waals surface area contributed by atoms with Crippen molar-refractivity contribution >= 4 is 13.7 Å². The van der Waals surface area contributed by atoms with E-state index in [1.54, 1.807) is 6.08 Å². The fraction of sp³-hybridized carbons (Fsp3) is 0.671. The molecule has 0 bridgehead atoms. The first-order valence-electron chi connectivity index (χ1n) is 32.1. The van der Waals surface area contributed by atoms with Crippen LogP contribution in [0.3, 0.4) is 0 Å². The van der Waals surface area contributed by atoms with Crippen molar-refractivity contribution in [3.05, 3.63) is 134 Å². The molecule has 0 aliphatic heterocycles. The third-order valence-electron chi connectivity index (χ3n) is 13.6. The fourth-order valence-electron chi connectivity index (χ4n) is 8.64. The number of hydrogen-bond acceptors (Lipinski definition) is 5. The second-order valence-corrected chi connectivity index (χ2v) is 23.8. The Morgan fingerprint density at radius 1 is 0.443 bits per heavy atom. The zero-order valence-electron chi connectivity index (χ0n) is 51.6. The largest absolute Gasteiger partial charge is 0.472 e. The van der Waals surface area contributed by atoms with Crippen LogP contribution in [0, 0.1) is 0 Å². The van der Waals surface area contributed by atoms with Gasteiger partial charge in [0, 0.05) is 6.42 Å². The summed E-state index contributed by atoms with van der Waals surface area (Å²) in [5, 5.41) is 13.9. The van der Waals surface area contributed by atoms with E-state index in [1.165, 1.54) is 116 Å². The van der Waals surface area contributed by atoms with Crippen LogP contribution in [0.4, 0.5) is 0 Å². The number of likely N-dealkylation sites (N-methyl/N-ethyl adjacent to an activating group) is 1. The number of carbonyl (C=O) groups is 1. The number of amides is 1. The predicted octanol–water partition coefficient (Wildman–Crippen LogP) is 20.3. The normalized spacial score (nSPS) is 14.7. The number of unbranched alkanes of at least 4 members (excludes halogenated alkanes) is 24. The highest BCUT2D eigenvalue weighted by Crippen LogP contribution is 2.43. The Morgan fingerprint density at radius 2 is 0.772 bits per heavy atom. The van der Waals surface area contributed by atoms with Gasteiger partial charge in [0.15, 0.2) is 0 Å². The van der Waals surface area contributed by atoms with Gasteiger partial charge in [0.1, 0.15) is 13.2 Å². The lowest BCUT2D eigenvalue weighted by Gasteiger charge is -2.25. The van der Waals surface area contributed by atoms with Gasteiger partial charge in [0.2, 0.25) is 5.91 Å². The molecular weight excluding hydrogens is 996 g/mol. The maximum absolute atomic E-state index is 13.0. The molecule has 0 saturated carbocycles. The minimum absolute atomic E-state index is 0.0448. The summed E-state index contributed by atoms with van der Waals surface area (Å²) in [6.07, 6.45) is 90.0. The number of aliphatic hydroxyl groups is 1. The molecule has 3 atom stereocenters. The van der Waals surface area contributed by atoms with E-state index in [0.717, 1.165) is 116 Å². The number of rotatable bonds is 57. The third-order valence-corrected chi connectivity index (χ3v) is 14.6. The van der Waals surface area contributed by atoms with Gasteiger partial charge in [0.05, 0.1) is 39.9 Å². The van der Waals surface area contributed by atoms with Crippen molar-refractivity contribution in [3.63, 3.8) is 0 Å². The fourth-order valence-corrected chi connectivity index (χ4v) is 9.37. The van der Waals surface area contributed by atoms with Gasteiger partial charge in [-0.25, -0.2) is 4.57 Å². The van der Waals surface area contributed by atoms with Crippen molar-refractivity contribution in [3.8, 4) is 0 Å². The van der Waals surface area contributed by atoms with E-state index in [0.29, 0.717) is 17.4 Å². The highest BCUT2D eigenvalue weighted by Gasteiger charge is 2.27. The quantitative estimate of drug-likeness (QED) is 0.0243. The minimum Gasteiger partial charge on any atom is -0.387 e. The van der Waals surface area contributed by atoms with Crippen molar-refractivity contribution in [2.75, 3.05) is 40.9 Å². The summed E-state index contributed by atoms with van der Waals surface area (Å²) in [5.41, 5.74) is 0. The van der Waals surface area contributed by atoms with Crippen molar-refractivity contribution < 1.29 is 32.9 Å². The molecule has 0 radical (unpaired) electrons. The number of carbonyl (C=O) groups excluding carboxylic acids is 1. The topological polar surface area (TPSA) is 105 Å². The van der Waals surface area contributed by atoms with E-state index in [9.17, 15) is 19.4 Å². The minimum atomic E-state index is -4.38. The molecule has 0 spiro atoms. The predicted molar refractivity (Wildman–Crippen MR) is 345 cm³/mol. The highest BCUT2D eigenvalue weighted by atomic mass is 31.2. The van der Waals surface area contributed by atoms with Crippen LogP contribution in [0.5, 0.6) is 0 Å². The van der Waals surface area contributed by atoms with Crippen molar-refractivity contribution in [1.29, 1.82) is 0 Å². The number of nitrogens with one attached hydrogen (secondary N) is 1. The van der Waals surface area contributed by atoms with Crippen LogP contribution in [-0.4, -0.2) is 73.4 Å². The molecule has 3 N–H and O–H groups in total. The average molecular weight is 1120 g/mol. The maximum Gasteiger partial charge on any atom is 0.472 e. The Balaban J connectivity index is 4.29. The first-order valence-corrected chi connectivity index (χ1v) is 33.6. The standard InChI is InChI=1S/C70H121N2O6P/c1-6-8-10-12-14-16-18-20-22-24-26-28-30-32-33-34-35-36-37-38-39-40-42-44-46-48-50-52-54-56-58-60-62-64-70(74)71-68(67-78-79(75,76)77-66-65-72(3,4)5)69(73)63-61-59-57-55-53-51-49-47-45-43-41-31-29-27-25-23-21-19-17-15-13-11-9-7-2/h8,10,14,16,20,22,26,28,32-33,35-36,38-39,42,44,48,50,53,55,61,63,68-69,73H,6-7,9,11-13,15,17-19,21,23-25,27,29-31,34,37,40-41,43,45-47,49,51-52,54,56-60,62,64-67H2,1-5H3,(H-,71,74,75,76)/p+1/b10-8-,16-14-,22-20-,28-26-,33-32-,36-35-,39-38-,44-42-,50-48-,55-53+,63-61+. The summed E-state index contributed by atoms with van der Waals surface area (Å²) in [6.45, 7) is 4.67. The summed E-state index contributed by atoms with van der Waals surface area (Å²) >= 11 is 0. The number of nitrogens with zero attached hydrogens (tertiary/aromatic N) is 1. The number of allylic oxidation sites excluding steroid dienone is 21. The first-order chi connectivity index (χ1) is 38.5. The third kappa shape index (κ3) is 62.1. The lowest BCUT2D eigenvalue weighted by atomic mass is 10.0. The Labute approximate surface area is 487 Å². The number of hydrogen-bond donors (Lipinski definition) is 3. The maximum atomic E-state index is 13.0. The SMILES string of the molecule is CC/C=C\C/C=C\C/C=C\C/C=C\C/C=C\C/C=C\C/C=C\C/C=C\C/C=C\CCCCCCCC(=O)NC(COP(=O)(O)OCC[N+](C)(C)C)C(O)/C=C/CC/C=C/CCCCCCCCCCCCCCCCCCCC. The Kier molecular flexibility index (Phi) is 56.7. The number of phosphoric acid groups is 1. The lowest BCUT2D eigenvalue weighted by Crippen LogP contribution is -2.45. The van der Waals surface area contributed by atoms with Gasteiger partial charge < -0.3 is 19.8 Å². The summed E-state index contributed by atoms with van der Waals surface area (Å²) in [6, 6.07) is -0.886. The molecule has 0 aliphatic rings. The van der Waals surface area contributed by atoms with Gasteiger partial charge >= 0.3 is 7.82 Å². The molecular formula is C70H122N2O6P+. The van der Waals surface area contributed by atoms with Crippen LogP contribution in [-0.2, 0) is 18.4 Å². The molecule has 0 aromatic heterocycles. The van der Waals surface area contributed by atoms with E-state index in [4.69, 9.17) is 9.05 Å². The van der Waals surface area contributed by atoms with Gasteiger partial charge in [-0.1, -0.05) is 276 Å². The molecule has 8 nitrogen and oxygen atoms in total. The molecule has 79 heavy (non-hydrogen) atoms. The zero-order valence-corrected chi connectivity index (χ0v) is 52.5. The Morgan fingerprint density at radius 3 is 1.16 bits per heavy atom. The smallest absolute Gasteiger partial charge is 0.387 e. The second kappa shape index (κ2) is 59.3. The van der Waals surface area contributed by atoms with Crippen molar-refractivity contribution in [2.24, 2.45) is 0 Å². The number of phosphoric ester groups is 1. The number of quaternary nitrogens is 1. The van der Waals surface area contributed by atoms with Gasteiger partial charge in [-0.15, -0.1) is 0 Å². The van der Waals surface area contributed by atoms with Gasteiger partial charge in [-0.2, -0.15) is 0 Å². The van der Waals surface area contributed by atoms with Gasteiger partial charge in [0.25, 0.3) is 0 Å². The Bertz CT molecular complexity index is 1750. The molecule has 0 saturated heterocycles. The highest BCUT2D eigenvalue weighted by molar-refractivity contribution is 7.47. The summed E-state index contributed by atoms with van der Waals surface area (Å²) in [4.78, 5) is 23.4. The van der Waals surface area contributed by atoms with Crippen LogP contribution < -0.4 is 5.32 Å². The molecule has 452 valence electrons. The Hall–Kier alpha value is -3.36. The molecule has 0 rings (SSSR count). The molecule has 9 heteroatoms. The molecule has 3 unspecified atom stereocenters. The molecule has 0 aromatic carbocycles. The van der Waals surface area contributed by atoms with Crippen molar-refractivity contribution in [1.82, 2.24) is 5.32 Å². The molecule has 1 amide bonds. The zero-order chi connectivity index (χ0) is 57.7. The van der Waals surface area contributed by atoms with E-state index < -0.39 is 20.0 Å². The number of aliphatic hydroxyl groups excluding tert-OH is 1.